The molecule has 0 saturated carbocycles. The van der Waals surface area contributed by atoms with E-state index in [1.807, 2.05) is 11.8 Å². The summed E-state index contributed by atoms with van der Waals surface area (Å²) in [5.41, 5.74) is 0.708. The summed E-state index contributed by atoms with van der Waals surface area (Å²) < 4.78 is 0. The molecule has 0 bridgehead atoms. The molecule has 0 aromatic heterocycles. The van der Waals surface area contributed by atoms with Crippen LogP contribution in [0.2, 0.25) is 10.0 Å². The van der Waals surface area contributed by atoms with Crippen LogP contribution in [0.1, 0.15) is 24.8 Å². The highest BCUT2D eigenvalue weighted by Crippen LogP contribution is 2.26. The van der Waals surface area contributed by atoms with Crippen molar-refractivity contribution in [2.75, 3.05) is 5.75 Å². The topological polar surface area (TPSA) is 86.6 Å². The lowest BCUT2D eigenvalue weighted by Gasteiger charge is -2.22. The standard InChI is InChI=1S/C13H15Cl2NOS.CH2O3/c14-10-4-3-5-11(15)9(10)8-12(17)16-13-6-1-2-7-18-13;2-1(3)4/h3-5,13H,1-2,6-8H2,(H,16,17);(H2,2,3,4). The zero-order valence-corrected chi connectivity index (χ0v) is 14.0. The number of carboxylic acid groups (broad SMARTS) is 2. The third kappa shape index (κ3) is 7.24. The van der Waals surface area contributed by atoms with Crippen LogP contribution in [0.5, 0.6) is 0 Å². The molecule has 8 heteroatoms. The summed E-state index contributed by atoms with van der Waals surface area (Å²) in [5.74, 6) is 1.11. The van der Waals surface area contributed by atoms with Crippen molar-refractivity contribution in [3.8, 4) is 0 Å². The predicted octanol–water partition coefficient (Wildman–Crippen LogP) is 4.12. The second-order valence-corrected chi connectivity index (χ2v) is 6.71. The van der Waals surface area contributed by atoms with E-state index in [-0.39, 0.29) is 17.7 Å². The number of thioether (sulfide) groups is 1. The molecule has 1 fully saturated rings. The van der Waals surface area contributed by atoms with Crippen LogP contribution in [0.3, 0.4) is 0 Å². The number of nitrogens with one attached hydrogen (secondary N) is 1. The molecule has 1 aromatic rings. The zero-order chi connectivity index (χ0) is 16.5. The van der Waals surface area contributed by atoms with Crippen molar-refractivity contribution in [3.63, 3.8) is 0 Å². The van der Waals surface area contributed by atoms with Gasteiger partial charge < -0.3 is 15.5 Å². The largest absolute Gasteiger partial charge is 0.503 e. The Morgan fingerprint density at radius 1 is 1.23 bits per heavy atom. The first kappa shape index (κ1) is 18.9. The number of rotatable bonds is 3. The molecule has 22 heavy (non-hydrogen) atoms. The Balaban J connectivity index is 0.000000541. The number of halogens is 2. The first-order chi connectivity index (χ1) is 10.4. The maximum absolute atomic E-state index is 11.9. The maximum atomic E-state index is 11.9. The normalized spacial score (nSPS) is 17.1. The number of benzene rings is 1. The Bertz CT molecular complexity index is 497. The van der Waals surface area contributed by atoms with Gasteiger partial charge in [-0.05, 0) is 42.7 Å². The third-order valence-corrected chi connectivity index (χ3v) is 4.89. The van der Waals surface area contributed by atoms with Crippen LogP contribution in [0.15, 0.2) is 18.2 Å². The van der Waals surface area contributed by atoms with Gasteiger partial charge in [-0.15, -0.1) is 11.8 Å². The highest BCUT2D eigenvalue weighted by molar-refractivity contribution is 7.99. The van der Waals surface area contributed by atoms with E-state index in [9.17, 15) is 4.79 Å². The zero-order valence-electron chi connectivity index (χ0n) is 11.7. The van der Waals surface area contributed by atoms with Crippen molar-refractivity contribution in [1.29, 1.82) is 0 Å². The van der Waals surface area contributed by atoms with Gasteiger partial charge in [-0.1, -0.05) is 29.3 Å². The van der Waals surface area contributed by atoms with Gasteiger partial charge in [-0.3, -0.25) is 4.79 Å². The molecule has 5 nitrogen and oxygen atoms in total. The monoisotopic (exact) mass is 365 g/mol. The number of hydrogen-bond donors (Lipinski definition) is 3. The molecule has 0 spiro atoms. The minimum absolute atomic E-state index is 0.00981. The lowest BCUT2D eigenvalue weighted by atomic mass is 10.1. The molecule has 1 aliphatic heterocycles. The lowest BCUT2D eigenvalue weighted by molar-refractivity contribution is -0.120. The Labute approximate surface area is 143 Å². The van der Waals surface area contributed by atoms with Crippen molar-refractivity contribution < 1.29 is 19.8 Å². The van der Waals surface area contributed by atoms with Gasteiger partial charge >= 0.3 is 6.16 Å². The van der Waals surface area contributed by atoms with Crippen molar-refractivity contribution >= 4 is 47.0 Å². The lowest BCUT2D eigenvalue weighted by Crippen LogP contribution is -2.35. The highest BCUT2D eigenvalue weighted by atomic mass is 35.5. The smallest absolute Gasteiger partial charge is 0.450 e. The fourth-order valence-electron chi connectivity index (χ4n) is 1.95. The average Bonchev–Trinajstić information content (AvgIpc) is 2.43. The van der Waals surface area contributed by atoms with Crippen LogP contribution in [0, 0.1) is 0 Å². The third-order valence-electron chi connectivity index (χ3n) is 2.90. The maximum Gasteiger partial charge on any atom is 0.503 e. The van der Waals surface area contributed by atoms with Crippen molar-refractivity contribution in [2.24, 2.45) is 0 Å². The summed E-state index contributed by atoms with van der Waals surface area (Å²) in [6.45, 7) is 0. The molecule has 1 amide bonds. The van der Waals surface area contributed by atoms with Crippen LogP contribution in [0.4, 0.5) is 4.79 Å². The number of carbonyl (C=O) groups is 2. The Hall–Kier alpha value is -1.11. The summed E-state index contributed by atoms with van der Waals surface area (Å²) in [6, 6.07) is 5.29. The average molecular weight is 366 g/mol. The molecule has 1 atom stereocenters. The number of amides is 1. The van der Waals surface area contributed by atoms with E-state index in [2.05, 4.69) is 5.32 Å². The molecule has 0 aliphatic carbocycles. The Kier molecular flexibility index (Phi) is 8.45. The summed E-state index contributed by atoms with van der Waals surface area (Å²) in [5, 5.41) is 18.3. The van der Waals surface area contributed by atoms with Gasteiger partial charge in [0.15, 0.2) is 0 Å². The molecule has 1 saturated heterocycles. The van der Waals surface area contributed by atoms with E-state index < -0.39 is 6.16 Å². The summed E-state index contributed by atoms with van der Waals surface area (Å²) in [4.78, 5) is 20.5. The predicted molar refractivity (Wildman–Crippen MR) is 89.1 cm³/mol. The van der Waals surface area contributed by atoms with Crippen LogP contribution < -0.4 is 5.32 Å². The van der Waals surface area contributed by atoms with Crippen molar-refractivity contribution in [2.45, 2.75) is 31.1 Å². The number of hydrogen-bond acceptors (Lipinski definition) is 3. The van der Waals surface area contributed by atoms with Gasteiger partial charge in [0.2, 0.25) is 5.91 Å². The molecule has 1 heterocycles. The SMILES string of the molecule is O=C(Cc1c(Cl)cccc1Cl)NC1CCCCS1.O=C(O)O. The van der Waals surface area contributed by atoms with E-state index in [1.54, 1.807) is 18.2 Å². The fourth-order valence-corrected chi connectivity index (χ4v) is 3.68. The first-order valence-corrected chi connectivity index (χ1v) is 8.46. The van der Waals surface area contributed by atoms with Crippen LogP contribution in [-0.4, -0.2) is 33.4 Å². The molecule has 1 unspecified atom stereocenters. The van der Waals surface area contributed by atoms with Gasteiger partial charge in [0.1, 0.15) is 0 Å². The van der Waals surface area contributed by atoms with E-state index in [1.165, 1.54) is 12.8 Å². The molecule has 122 valence electrons. The van der Waals surface area contributed by atoms with Crippen LogP contribution >= 0.6 is 35.0 Å². The quantitative estimate of drug-likeness (QED) is 0.749. The summed E-state index contributed by atoms with van der Waals surface area (Å²) in [7, 11) is 0. The van der Waals surface area contributed by atoms with Gasteiger partial charge in [-0.2, -0.15) is 0 Å². The van der Waals surface area contributed by atoms with Gasteiger partial charge in [0, 0.05) is 10.0 Å². The van der Waals surface area contributed by atoms with Crippen molar-refractivity contribution in [1.82, 2.24) is 5.32 Å². The highest BCUT2D eigenvalue weighted by Gasteiger charge is 2.17. The van der Waals surface area contributed by atoms with Gasteiger partial charge in [0.25, 0.3) is 0 Å². The number of carbonyl (C=O) groups excluding carboxylic acids is 1. The van der Waals surface area contributed by atoms with E-state index in [0.29, 0.717) is 15.6 Å². The molecule has 0 radical (unpaired) electrons. The molecular weight excluding hydrogens is 349 g/mol. The van der Waals surface area contributed by atoms with E-state index in [0.717, 1.165) is 12.2 Å². The van der Waals surface area contributed by atoms with Gasteiger partial charge in [-0.25, -0.2) is 4.79 Å². The van der Waals surface area contributed by atoms with E-state index in [4.69, 9.17) is 38.2 Å². The molecule has 2 rings (SSSR count). The second kappa shape index (κ2) is 9.82. The molecule has 1 aliphatic rings. The molecular formula is C14H17Cl2NO4S. The fraction of sp³-hybridized carbons (Fsp3) is 0.429. The first-order valence-electron chi connectivity index (χ1n) is 6.66. The minimum atomic E-state index is -1.83. The van der Waals surface area contributed by atoms with Crippen LogP contribution in [-0.2, 0) is 11.2 Å². The molecule has 3 N–H and O–H groups in total. The van der Waals surface area contributed by atoms with Crippen molar-refractivity contribution in [3.05, 3.63) is 33.8 Å². The Morgan fingerprint density at radius 2 is 1.82 bits per heavy atom. The Morgan fingerprint density at radius 3 is 2.32 bits per heavy atom. The summed E-state index contributed by atoms with van der Waals surface area (Å²) in [6.07, 6.45) is 1.89. The van der Waals surface area contributed by atoms with Gasteiger partial charge in [0.05, 0.1) is 11.8 Å². The van der Waals surface area contributed by atoms with Crippen LogP contribution in [0.25, 0.3) is 0 Å². The second-order valence-electron chi connectivity index (χ2n) is 4.58. The molecule has 1 aromatic carbocycles. The minimum Gasteiger partial charge on any atom is -0.450 e. The summed E-state index contributed by atoms with van der Waals surface area (Å²) >= 11 is 13.9. The van der Waals surface area contributed by atoms with E-state index >= 15 is 0 Å².